The summed E-state index contributed by atoms with van der Waals surface area (Å²) in [6, 6.07) is 0. The summed E-state index contributed by atoms with van der Waals surface area (Å²) in [5.41, 5.74) is 2.42. The average molecular weight is 196 g/mol. The summed E-state index contributed by atoms with van der Waals surface area (Å²) in [6.45, 7) is 16.1. The van der Waals surface area contributed by atoms with Gasteiger partial charge in [0.05, 0.1) is 0 Å². The van der Waals surface area contributed by atoms with Crippen LogP contribution in [0.2, 0.25) is 0 Å². The first-order valence-electron chi connectivity index (χ1n) is 5.86. The quantitative estimate of drug-likeness (QED) is 0.545. The van der Waals surface area contributed by atoms with E-state index in [4.69, 9.17) is 0 Å². The van der Waals surface area contributed by atoms with Gasteiger partial charge in [0.2, 0.25) is 0 Å². The fraction of sp³-hybridized carbons (Fsp3) is 0.857. The molecule has 0 radical (unpaired) electrons. The zero-order chi connectivity index (χ0) is 11.4. The SMILES string of the molecule is CC/C(=C\CCC(C)(C)C)C(C)(C)C. The Labute approximate surface area is 90.8 Å². The Balaban J connectivity index is 4.21. The van der Waals surface area contributed by atoms with Gasteiger partial charge in [-0.05, 0) is 30.1 Å². The van der Waals surface area contributed by atoms with Crippen molar-refractivity contribution in [2.24, 2.45) is 10.8 Å². The molecule has 0 heterocycles. The number of rotatable bonds is 3. The summed E-state index contributed by atoms with van der Waals surface area (Å²) < 4.78 is 0. The van der Waals surface area contributed by atoms with Crippen LogP contribution in [-0.2, 0) is 0 Å². The molecule has 0 unspecified atom stereocenters. The normalized spacial score (nSPS) is 14.6. The van der Waals surface area contributed by atoms with Crippen molar-refractivity contribution in [2.75, 3.05) is 0 Å². The molecule has 0 spiro atoms. The number of allylic oxidation sites excluding steroid dienone is 2. The molecule has 0 aromatic heterocycles. The van der Waals surface area contributed by atoms with E-state index >= 15 is 0 Å². The second-order valence-corrected chi connectivity index (χ2v) is 6.43. The lowest BCUT2D eigenvalue weighted by atomic mass is 9.83. The summed E-state index contributed by atoms with van der Waals surface area (Å²) in [5, 5.41) is 0. The molecule has 0 fully saturated rings. The predicted octanol–water partition coefficient (Wildman–Crippen LogP) is 5.20. The molecule has 0 nitrogen and oxygen atoms in total. The van der Waals surface area contributed by atoms with Crippen molar-refractivity contribution >= 4 is 0 Å². The number of hydrogen-bond acceptors (Lipinski definition) is 0. The van der Waals surface area contributed by atoms with Crippen molar-refractivity contribution in [1.29, 1.82) is 0 Å². The maximum atomic E-state index is 2.45. The van der Waals surface area contributed by atoms with Crippen molar-refractivity contribution in [2.45, 2.75) is 67.7 Å². The third kappa shape index (κ3) is 6.23. The Morgan fingerprint density at radius 3 is 1.79 bits per heavy atom. The van der Waals surface area contributed by atoms with Gasteiger partial charge < -0.3 is 0 Å². The Bertz CT molecular complexity index is 183. The molecule has 0 aliphatic heterocycles. The van der Waals surface area contributed by atoms with E-state index in [1.807, 2.05) is 0 Å². The molecule has 0 bridgehead atoms. The maximum absolute atomic E-state index is 2.45. The summed E-state index contributed by atoms with van der Waals surface area (Å²) >= 11 is 0. The van der Waals surface area contributed by atoms with Gasteiger partial charge in [-0.15, -0.1) is 0 Å². The topological polar surface area (TPSA) is 0 Å². The first-order chi connectivity index (χ1) is 6.17. The average Bonchev–Trinajstić information content (AvgIpc) is 1.93. The van der Waals surface area contributed by atoms with E-state index < -0.39 is 0 Å². The molecule has 0 aliphatic carbocycles. The monoisotopic (exact) mass is 196 g/mol. The Morgan fingerprint density at radius 1 is 1.00 bits per heavy atom. The predicted molar refractivity (Wildman–Crippen MR) is 66.5 cm³/mol. The molecule has 0 saturated heterocycles. The van der Waals surface area contributed by atoms with Gasteiger partial charge in [0.15, 0.2) is 0 Å². The third-order valence-corrected chi connectivity index (χ3v) is 2.63. The number of hydrogen-bond donors (Lipinski definition) is 0. The van der Waals surface area contributed by atoms with Gasteiger partial charge in [-0.3, -0.25) is 0 Å². The molecule has 14 heavy (non-hydrogen) atoms. The zero-order valence-corrected chi connectivity index (χ0v) is 11.2. The smallest absolute Gasteiger partial charge is 0.0173 e. The molecule has 0 aromatic rings. The fourth-order valence-corrected chi connectivity index (χ4v) is 1.66. The Morgan fingerprint density at radius 2 is 1.50 bits per heavy atom. The van der Waals surface area contributed by atoms with Crippen LogP contribution in [-0.4, -0.2) is 0 Å². The Kier molecular flexibility index (Phi) is 4.91. The minimum atomic E-state index is 0.354. The molecular weight excluding hydrogens is 168 g/mol. The van der Waals surface area contributed by atoms with Gasteiger partial charge in [-0.2, -0.15) is 0 Å². The lowest BCUT2D eigenvalue weighted by molar-refractivity contribution is 0.379. The molecule has 0 heteroatoms. The van der Waals surface area contributed by atoms with Crippen LogP contribution in [0, 0.1) is 10.8 Å². The fourth-order valence-electron chi connectivity index (χ4n) is 1.66. The second-order valence-electron chi connectivity index (χ2n) is 6.43. The van der Waals surface area contributed by atoms with Crippen molar-refractivity contribution in [3.8, 4) is 0 Å². The summed E-state index contributed by atoms with van der Waals surface area (Å²) in [5.74, 6) is 0. The van der Waals surface area contributed by atoms with Gasteiger partial charge in [-0.1, -0.05) is 60.1 Å². The summed E-state index contributed by atoms with van der Waals surface area (Å²) in [4.78, 5) is 0. The minimum Gasteiger partial charge on any atom is -0.0848 e. The van der Waals surface area contributed by atoms with Crippen molar-refractivity contribution < 1.29 is 0 Å². The van der Waals surface area contributed by atoms with E-state index in [-0.39, 0.29) is 0 Å². The van der Waals surface area contributed by atoms with Crippen LogP contribution in [0.4, 0.5) is 0 Å². The highest BCUT2D eigenvalue weighted by Gasteiger charge is 2.15. The lowest BCUT2D eigenvalue weighted by Gasteiger charge is -2.23. The largest absolute Gasteiger partial charge is 0.0848 e. The third-order valence-electron chi connectivity index (χ3n) is 2.63. The Hall–Kier alpha value is -0.260. The molecule has 0 N–H and O–H groups in total. The molecule has 0 aromatic carbocycles. The van der Waals surface area contributed by atoms with E-state index in [0.717, 1.165) is 0 Å². The molecule has 0 aliphatic rings. The minimum absolute atomic E-state index is 0.354. The summed E-state index contributed by atoms with van der Waals surface area (Å²) in [6.07, 6.45) is 6.15. The van der Waals surface area contributed by atoms with E-state index in [1.54, 1.807) is 5.57 Å². The van der Waals surface area contributed by atoms with Crippen molar-refractivity contribution in [3.63, 3.8) is 0 Å². The molecule has 84 valence electrons. The zero-order valence-electron chi connectivity index (χ0n) is 11.2. The summed E-state index contributed by atoms with van der Waals surface area (Å²) in [7, 11) is 0. The molecule has 0 amide bonds. The van der Waals surface area contributed by atoms with E-state index in [0.29, 0.717) is 10.8 Å². The molecular formula is C14H28. The van der Waals surface area contributed by atoms with Crippen LogP contribution in [0.1, 0.15) is 67.7 Å². The van der Waals surface area contributed by atoms with E-state index in [1.165, 1.54) is 19.3 Å². The van der Waals surface area contributed by atoms with Gasteiger partial charge in [0.25, 0.3) is 0 Å². The molecule has 0 atom stereocenters. The van der Waals surface area contributed by atoms with Crippen LogP contribution in [0.15, 0.2) is 11.6 Å². The maximum Gasteiger partial charge on any atom is -0.0173 e. The highest BCUT2D eigenvalue weighted by Crippen LogP contribution is 2.29. The van der Waals surface area contributed by atoms with Crippen molar-refractivity contribution in [1.82, 2.24) is 0 Å². The van der Waals surface area contributed by atoms with Crippen molar-refractivity contribution in [3.05, 3.63) is 11.6 Å². The molecule has 0 rings (SSSR count). The highest BCUT2D eigenvalue weighted by molar-refractivity contribution is 5.10. The second kappa shape index (κ2) is 5.00. The highest BCUT2D eigenvalue weighted by atomic mass is 14.2. The van der Waals surface area contributed by atoms with E-state index in [9.17, 15) is 0 Å². The van der Waals surface area contributed by atoms with Crippen LogP contribution in [0.3, 0.4) is 0 Å². The standard InChI is InChI=1S/C14H28/c1-8-12(14(5,6)7)10-9-11-13(2,3)4/h10H,8-9,11H2,1-7H3/b12-10+. The van der Waals surface area contributed by atoms with Crippen LogP contribution in [0.5, 0.6) is 0 Å². The van der Waals surface area contributed by atoms with E-state index in [2.05, 4.69) is 54.5 Å². The van der Waals surface area contributed by atoms with Crippen LogP contribution >= 0.6 is 0 Å². The first kappa shape index (κ1) is 13.7. The van der Waals surface area contributed by atoms with Gasteiger partial charge in [0, 0.05) is 0 Å². The molecule has 0 saturated carbocycles. The first-order valence-corrected chi connectivity index (χ1v) is 5.86. The van der Waals surface area contributed by atoms with Crippen LogP contribution in [0.25, 0.3) is 0 Å². The van der Waals surface area contributed by atoms with Gasteiger partial charge in [-0.25, -0.2) is 0 Å². The van der Waals surface area contributed by atoms with Gasteiger partial charge in [0.1, 0.15) is 0 Å². The lowest BCUT2D eigenvalue weighted by Crippen LogP contribution is -2.09. The van der Waals surface area contributed by atoms with Crippen LogP contribution < -0.4 is 0 Å². The van der Waals surface area contributed by atoms with Gasteiger partial charge >= 0.3 is 0 Å².